The highest BCUT2D eigenvalue weighted by atomic mass is 16.5. The Hall–Kier alpha value is -2.70. The third-order valence-electron chi connectivity index (χ3n) is 2.48. The van der Waals surface area contributed by atoms with E-state index in [1.165, 1.54) is 13.3 Å². The van der Waals surface area contributed by atoms with Crippen LogP contribution in [0, 0.1) is 0 Å². The summed E-state index contributed by atoms with van der Waals surface area (Å²) in [6.07, 6.45) is 1.34. The fraction of sp³-hybridized carbons (Fsp3) is 0.167. The number of hydrogen-bond donors (Lipinski definition) is 1. The van der Waals surface area contributed by atoms with E-state index in [0.29, 0.717) is 11.1 Å². The van der Waals surface area contributed by atoms with Crippen molar-refractivity contribution in [1.29, 1.82) is 0 Å². The van der Waals surface area contributed by atoms with Gasteiger partial charge in [-0.25, -0.2) is 14.6 Å². The number of esters is 1. The zero-order valence-corrected chi connectivity index (χ0v) is 10.1. The molecule has 0 aromatic heterocycles. The molecule has 0 atom stereocenters. The second kappa shape index (κ2) is 5.30. The van der Waals surface area contributed by atoms with Crippen LogP contribution in [0.3, 0.4) is 0 Å². The van der Waals surface area contributed by atoms with Gasteiger partial charge in [-0.2, -0.15) is 5.10 Å². The van der Waals surface area contributed by atoms with Crippen molar-refractivity contribution in [3.63, 3.8) is 0 Å². The fourth-order valence-corrected chi connectivity index (χ4v) is 1.56. The molecule has 1 aromatic rings. The van der Waals surface area contributed by atoms with E-state index in [1.807, 2.05) is 0 Å². The third-order valence-corrected chi connectivity index (χ3v) is 2.48. The topological polar surface area (TPSA) is 88.1 Å². The Morgan fingerprint density at radius 3 is 2.79 bits per heavy atom. The molecule has 1 heterocycles. The molecule has 0 unspecified atom stereocenters. The Morgan fingerprint density at radius 1 is 1.42 bits per heavy atom. The Morgan fingerprint density at radius 2 is 2.16 bits per heavy atom. The first kappa shape index (κ1) is 12.7. The molecule has 1 fully saturated rings. The number of amides is 3. The lowest BCUT2D eigenvalue weighted by molar-refractivity contribution is -0.118. The molecule has 98 valence electrons. The van der Waals surface area contributed by atoms with Crippen LogP contribution in [0.5, 0.6) is 0 Å². The maximum atomic E-state index is 11.5. The Kier molecular flexibility index (Phi) is 3.56. The molecule has 1 aliphatic rings. The molecule has 2 rings (SSSR count). The molecule has 7 nitrogen and oxygen atoms in total. The first-order valence-electron chi connectivity index (χ1n) is 5.44. The van der Waals surface area contributed by atoms with Gasteiger partial charge in [0, 0.05) is 5.56 Å². The van der Waals surface area contributed by atoms with Gasteiger partial charge in [0.2, 0.25) is 5.91 Å². The lowest BCUT2D eigenvalue weighted by Crippen LogP contribution is -2.24. The van der Waals surface area contributed by atoms with E-state index in [1.54, 1.807) is 24.3 Å². The van der Waals surface area contributed by atoms with Crippen LogP contribution >= 0.6 is 0 Å². The van der Waals surface area contributed by atoms with Gasteiger partial charge in [-0.3, -0.25) is 10.1 Å². The number of carbonyl (C=O) groups excluding carboxylic acids is 3. The van der Waals surface area contributed by atoms with Gasteiger partial charge in [-0.1, -0.05) is 18.2 Å². The van der Waals surface area contributed by atoms with Crippen molar-refractivity contribution in [3.8, 4) is 0 Å². The monoisotopic (exact) mass is 261 g/mol. The highest BCUT2D eigenvalue weighted by Crippen LogP contribution is 2.08. The van der Waals surface area contributed by atoms with Crippen LogP contribution in [0.4, 0.5) is 4.79 Å². The van der Waals surface area contributed by atoms with Gasteiger partial charge in [0.15, 0.2) is 0 Å². The largest absolute Gasteiger partial charge is 0.465 e. The minimum atomic E-state index is -0.586. The molecule has 7 heteroatoms. The molecule has 1 aliphatic heterocycles. The first-order chi connectivity index (χ1) is 9.11. The maximum Gasteiger partial charge on any atom is 0.344 e. The van der Waals surface area contributed by atoms with Gasteiger partial charge >= 0.3 is 12.0 Å². The standard InChI is InChI=1S/C12H11N3O4/c1-19-11(17)9-5-3-2-4-8(9)6-13-15-7-10(16)14-12(15)18/h2-6H,7H2,1H3,(H,14,16,18)/b13-6-. The van der Waals surface area contributed by atoms with Gasteiger partial charge < -0.3 is 4.74 Å². The van der Waals surface area contributed by atoms with E-state index >= 15 is 0 Å². The fourth-order valence-electron chi connectivity index (χ4n) is 1.56. The van der Waals surface area contributed by atoms with Crippen LogP contribution in [-0.2, 0) is 9.53 Å². The minimum Gasteiger partial charge on any atom is -0.465 e. The Bertz CT molecular complexity index is 568. The number of urea groups is 1. The van der Waals surface area contributed by atoms with E-state index < -0.39 is 17.9 Å². The Labute approximate surface area is 108 Å². The van der Waals surface area contributed by atoms with Crippen molar-refractivity contribution in [1.82, 2.24) is 10.3 Å². The molecule has 0 bridgehead atoms. The van der Waals surface area contributed by atoms with Gasteiger partial charge in [0.05, 0.1) is 18.9 Å². The van der Waals surface area contributed by atoms with Crippen LogP contribution < -0.4 is 5.32 Å². The summed E-state index contributed by atoms with van der Waals surface area (Å²) in [6.45, 7) is -0.129. The normalized spacial score (nSPS) is 14.9. The van der Waals surface area contributed by atoms with Crippen molar-refractivity contribution >= 4 is 24.1 Å². The molecule has 1 saturated heterocycles. The predicted octanol–water partition coefficient (Wildman–Crippen LogP) is 0.359. The van der Waals surface area contributed by atoms with E-state index in [2.05, 4.69) is 15.2 Å². The number of ether oxygens (including phenoxy) is 1. The third kappa shape index (κ3) is 2.76. The first-order valence-corrected chi connectivity index (χ1v) is 5.44. The molecule has 1 aromatic carbocycles. The molecule has 1 N–H and O–H groups in total. The Balaban J connectivity index is 2.21. The number of benzene rings is 1. The molecular weight excluding hydrogens is 250 g/mol. The zero-order chi connectivity index (χ0) is 13.8. The average Bonchev–Trinajstić information content (AvgIpc) is 2.74. The molecule has 19 heavy (non-hydrogen) atoms. The van der Waals surface area contributed by atoms with Crippen molar-refractivity contribution < 1.29 is 19.1 Å². The number of carbonyl (C=O) groups is 3. The summed E-state index contributed by atoms with van der Waals surface area (Å²) >= 11 is 0. The summed E-state index contributed by atoms with van der Waals surface area (Å²) in [4.78, 5) is 33.8. The highest BCUT2D eigenvalue weighted by Gasteiger charge is 2.26. The van der Waals surface area contributed by atoms with Gasteiger partial charge in [0.25, 0.3) is 0 Å². The summed E-state index contributed by atoms with van der Waals surface area (Å²) in [5.74, 6) is -0.910. The maximum absolute atomic E-state index is 11.5. The second-order valence-electron chi connectivity index (χ2n) is 3.73. The number of methoxy groups -OCH3 is 1. The highest BCUT2D eigenvalue weighted by molar-refractivity contribution is 6.03. The molecule has 0 radical (unpaired) electrons. The molecular formula is C12H11N3O4. The van der Waals surface area contributed by atoms with E-state index in [9.17, 15) is 14.4 Å². The van der Waals surface area contributed by atoms with Crippen LogP contribution in [0.2, 0.25) is 0 Å². The predicted molar refractivity (Wildman–Crippen MR) is 65.6 cm³/mol. The molecule has 0 spiro atoms. The number of hydrogen-bond acceptors (Lipinski definition) is 5. The van der Waals surface area contributed by atoms with Gasteiger partial charge in [-0.15, -0.1) is 0 Å². The van der Waals surface area contributed by atoms with Crippen molar-refractivity contribution in [2.24, 2.45) is 5.10 Å². The van der Waals surface area contributed by atoms with E-state index in [4.69, 9.17) is 0 Å². The average molecular weight is 261 g/mol. The lowest BCUT2D eigenvalue weighted by Gasteiger charge is -2.06. The minimum absolute atomic E-state index is 0.129. The zero-order valence-electron chi connectivity index (χ0n) is 10.1. The quantitative estimate of drug-likeness (QED) is 0.483. The van der Waals surface area contributed by atoms with Crippen molar-refractivity contribution in [3.05, 3.63) is 35.4 Å². The summed E-state index contributed by atoms with van der Waals surface area (Å²) < 4.78 is 4.64. The number of rotatable bonds is 3. The molecule has 0 aliphatic carbocycles. The second-order valence-corrected chi connectivity index (χ2v) is 3.73. The number of nitrogens with zero attached hydrogens (tertiary/aromatic N) is 2. The molecule has 0 saturated carbocycles. The van der Waals surface area contributed by atoms with Crippen molar-refractivity contribution in [2.45, 2.75) is 0 Å². The summed E-state index contributed by atoms with van der Waals surface area (Å²) in [6, 6.07) is 6.07. The van der Waals surface area contributed by atoms with Gasteiger partial charge in [0.1, 0.15) is 6.54 Å². The van der Waals surface area contributed by atoms with Crippen LogP contribution in [0.15, 0.2) is 29.4 Å². The van der Waals surface area contributed by atoms with Gasteiger partial charge in [-0.05, 0) is 6.07 Å². The number of hydrazone groups is 1. The van der Waals surface area contributed by atoms with E-state index in [0.717, 1.165) is 5.01 Å². The van der Waals surface area contributed by atoms with Crippen LogP contribution in [-0.4, -0.2) is 42.8 Å². The lowest BCUT2D eigenvalue weighted by atomic mass is 10.1. The smallest absolute Gasteiger partial charge is 0.344 e. The molecule has 3 amide bonds. The summed E-state index contributed by atoms with van der Waals surface area (Å²) in [7, 11) is 1.28. The summed E-state index contributed by atoms with van der Waals surface area (Å²) in [5, 5.41) is 6.95. The summed E-state index contributed by atoms with van der Waals surface area (Å²) in [5.41, 5.74) is 0.834. The number of nitrogens with one attached hydrogen (secondary N) is 1. The van der Waals surface area contributed by atoms with Crippen LogP contribution in [0.1, 0.15) is 15.9 Å². The van der Waals surface area contributed by atoms with E-state index in [-0.39, 0.29) is 6.54 Å². The SMILES string of the molecule is COC(=O)c1ccccc1/C=N\N1CC(=O)NC1=O. The van der Waals surface area contributed by atoms with Crippen molar-refractivity contribution in [2.75, 3.05) is 13.7 Å². The van der Waals surface area contributed by atoms with Crippen LogP contribution in [0.25, 0.3) is 0 Å². The number of imide groups is 1.